The lowest BCUT2D eigenvalue weighted by atomic mass is 10.1. The smallest absolute Gasteiger partial charge is 0.133 e. The molecule has 0 bridgehead atoms. The normalized spacial score (nSPS) is 12.9. The van der Waals surface area contributed by atoms with E-state index in [9.17, 15) is 5.11 Å². The summed E-state index contributed by atoms with van der Waals surface area (Å²) < 4.78 is 1.08. The summed E-state index contributed by atoms with van der Waals surface area (Å²) >= 11 is 8.26. The van der Waals surface area contributed by atoms with Crippen molar-refractivity contribution in [3.63, 3.8) is 0 Å². The Balaban J connectivity index is 3.11. The Bertz CT molecular complexity index is 305. The van der Waals surface area contributed by atoms with Gasteiger partial charge in [-0.15, -0.1) is 0 Å². The van der Waals surface area contributed by atoms with Gasteiger partial charge in [-0.25, -0.2) is 4.98 Å². The van der Waals surface area contributed by atoms with Crippen molar-refractivity contribution in [2.45, 2.75) is 32.8 Å². The second-order valence-corrected chi connectivity index (χ2v) is 4.74. The van der Waals surface area contributed by atoms with E-state index in [4.69, 9.17) is 11.6 Å². The molecule has 0 saturated heterocycles. The summed E-state index contributed by atoms with van der Waals surface area (Å²) in [7, 11) is 0. The molecule has 1 rings (SSSR count). The molecule has 1 atom stereocenters. The predicted octanol–water partition coefficient (Wildman–Crippen LogP) is 3.35. The summed E-state index contributed by atoms with van der Waals surface area (Å²) in [5, 5.41) is 9.89. The zero-order chi connectivity index (χ0) is 10.7. The maximum atomic E-state index is 9.37. The van der Waals surface area contributed by atoms with Gasteiger partial charge < -0.3 is 5.11 Å². The highest BCUT2D eigenvalue weighted by atomic mass is 127. The van der Waals surface area contributed by atoms with E-state index in [0.717, 1.165) is 22.0 Å². The Hall–Kier alpha value is 0.130. The third kappa shape index (κ3) is 2.81. The van der Waals surface area contributed by atoms with Crippen molar-refractivity contribution in [2.24, 2.45) is 0 Å². The number of hydrogen-bond acceptors (Lipinski definition) is 2. The van der Waals surface area contributed by atoms with Crippen LogP contribution in [0.2, 0.25) is 5.15 Å². The first-order valence-corrected chi connectivity index (χ1v) is 6.04. The first kappa shape index (κ1) is 12.2. The molecule has 0 aromatic carbocycles. The lowest BCUT2D eigenvalue weighted by molar-refractivity contribution is 0.194. The molecule has 0 saturated carbocycles. The van der Waals surface area contributed by atoms with Gasteiger partial charge in [0.05, 0.1) is 11.8 Å². The van der Waals surface area contributed by atoms with Crippen LogP contribution < -0.4 is 0 Å². The second-order valence-electron chi connectivity index (χ2n) is 3.22. The van der Waals surface area contributed by atoms with Gasteiger partial charge in [0.1, 0.15) is 5.15 Å². The van der Waals surface area contributed by atoms with E-state index in [1.165, 1.54) is 0 Å². The number of pyridine rings is 1. The van der Waals surface area contributed by atoms with Crippen molar-refractivity contribution >= 4 is 34.2 Å². The molecule has 0 aliphatic rings. The molecule has 4 heteroatoms. The molecule has 78 valence electrons. The van der Waals surface area contributed by atoms with E-state index in [1.54, 1.807) is 6.92 Å². The van der Waals surface area contributed by atoms with Crippen molar-refractivity contribution in [2.75, 3.05) is 0 Å². The highest BCUT2D eigenvalue weighted by Gasteiger charge is 2.11. The van der Waals surface area contributed by atoms with E-state index in [1.807, 2.05) is 6.07 Å². The molecular formula is C10H13ClINO. The molecule has 1 heterocycles. The van der Waals surface area contributed by atoms with E-state index >= 15 is 0 Å². The zero-order valence-corrected chi connectivity index (χ0v) is 11.1. The van der Waals surface area contributed by atoms with Crippen LogP contribution in [0.25, 0.3) is 0 Å². The van der Waals surface area contributed by atoms with Crippen molar-refractivity contribution in [3.8, 4) is 0 Å². The number of nitrogens with zero attached hydrogens (tertiary/aromatic N) is 1. The van der Waals surface area contributed by atoms with E-state index in [-0.39, 0.29) is 0 Å². The molecule has 1 aromatic heterocycles. The predicted molar refractivity (Wildman–Crippen MR) is 66.6 cm³/mol. The van der Waals surface area contributed by atoms with Crippen molar-refractivity contribution in [1.82, 2.24) is 4.98 Å². The molecule has 1 unspecified atom stereocenters. The number of aliphatic hydroxyl groups excluding tert-OH is 1. The Morgan fingerprint density at radius 2 is 2.29 bits per heavy atom. The van der Waals surface area contributed by atoms with Crippen molar-refractivity contribution < 1.29 is 5.11 Å². The molecule has 0 fully saturated rings. The fourth-order valence-corrected chi connectivity index (χ4v) is 2.51. The quantitative estimate of drug-likeness (QED) is 0.683. The lowest BCUT2D eigenvalue weighted by Gasteiger charge is -2.09. The number of aliphatic hydroxyl groups is 1. The minimum Gasteiger partial charge on any atom is -0.387 e. The third-order valence-corrected chi connectivity index (χ3v) is 3.24. The number of hydrogen-bond donors (Lipinski definition) is 1. The van der Waals surface area contributed by atoms with Gasteiger partial charge >= 0.3 is 0 Å². The molecule has 0 aliphatic heterocycles. The Morgan fingerprint density at radius 3 is 2.71 bits per heavy atom. The van der Waals surface area contributed by atoms with Crippen LogP contribution in [0.5, 0.6) is 0 Å². The highest BCUT2D eigenvalue weighted by Crippen LogP contribution is 2.24. The fraction of sp³-hybridized carbons (Fsp3) is 0.500. The number of aromatic nitrogens is 1. The van der Waals surface area contributed by atoms with Gasteiger partial charge in [-0.1, -0.05) is 24.9 Å². The van der Waals surface area contributed by atoms with Gasteiger partial charge in [0.15, 0.2) is 0 Å². The van der Waals surface area contributed by atoms with Gasteiger partial charge in [0.2, 0.25) is 0 Å². The minimum atomic E-state index is -0.559. The van der Waals surface area contributed by atoms with Gasteiger partial charge in [-0.2, -0.15) is 0 Å². The summed E-state index contributed by atoms with van der Waals surface area (Å²) in [6, 6.07) is 1.89. The van der Waals surface area contributed by atoms with Gasteiger partial charge in [0, 0.05) is 9.13 Å². The van der Waals surface area contributed by atoms with Crippen LogP contribution in [0.1, 0.15) is 37.6 Å². The SMILES string of the molecule is CCCc1c(I)cc(C(C)O)nc1Cl. The molecule has 0 aliphatic carbocycles. The molecule has 0 spiro atoms. The average Bonchev–Trinajstić information content (AvgIpc) is 2.10. The number of rotatable bonds is 3. The third-order valence-electron chi connectivity index (χ3n) is 1.97. The Kier molecular flexibility index (Phi) is 4.60. The maximum absolute atomic E-state index is 9.37. The molecule has 2 nitrogen and oxygen atoms in total. The molecule has 14 heavy (non-hydrogen) atoms. The van der Waals surface area contributed by atoms with Gasteiger partial charge in [-0.3, -0.25) is 0 Å². The highest BCUT2D eigenvalue weighted by molar-refractivity contribution is 14.1. The lowest BCUT2D eigenvalue weighted by Crippen LogP contribution is -2.01. The topological polar surface area (TPSA) is 33.1 Å². The summed E-state index contributed by atoms with van der Waals surface area (Å²) in [5.74, 6) is 0. The van der Waals surface area contributed by atoms with Crippen molar-refractivity contribution in [1.29, 1.82) is 0 Å². The van der Waals surface area contributed by atoms with Gasteiger partial charge in [0.25, 0.3) is 0 Å². The molecule has 0 radical (unpaired) electrons. The zero-order valence-electron chi connectivity index (χ0n) is 8.22. The molecule has 1 aromatic rings. The van der Waals surface area contributed by atoms with Crippen LogP contribution in [-0.2, 0) is 6.42 Å². The monoisotopic (exact) mass is 325 g/mol. The standard InChI is InChI=1S/C10H13ClINO/c1-3-4-7-8(12)5-9(6(2)14)13-10(7)11/h5-6,14H,3-4H2,1-2H3. The van der Waals surface area contributed by atoms with Crippen LogP contribution in [0, 0.1) is 3.57 Å². The molecular weight excluding hydrogens is 312 g/mol. The molecule has 0 amide bonds. The van der Waals surface area contributed by atoms with E-state index in [2.05, 4.69) is 34.5 Å². The Labute approximate surface area is 103 Å². The van der Waals surface area contributed by atoms with E-state index < -0.39 is 6.10 Å². The number of halogens is 2. The van der Waals surface area contributed by atoms with Crippen molar-refractivity contribution in [3.05, 3.63) is 26.0 Å². The second kappa shape index (κ2) is 5.28. The minimum absolute atomic E-state index is 0.523. The van der Waals surface area contributed by atoms with E-state index in [0.29, 0.717) is 10.8 Å². The summed E-state index contributed by atoms with van der Waals surface area (Å²) in [6.45, 7) is 3.79. The largest absolute Gasteiger partial charge is 0.387 e. The maximum Gasteiger partial charge on any atom is 0.133 e. The van der Waals surface area contributed by atoms with Crippen LogP contribution >= 0.6 is 34.2 Å². The van der Waals surface area contributed by atoms with Crippen LogP contribution in [-0.4, -0.2) is 10.1 Å². The summed E-state index contributed by atoms with van der Waals surface area (Å²) in [5.41, 5.74) is 1.72. The molecule has 1 N–H and O–H groups in total. The summed E-state index contributed by atoms with van der Waals surface area (Å²) in [6.07, 6.45) is 1.42. The average molecular weight is 326 g/mol. The van der Waals surface area contributed by atoms with Crippen LogP contribution in [0.4, 0.5) is 0 Å². The fourth-order valence-electron chi connectivity index (χ4n) is 1.22. The first-order chi connectivity index (χ1) is 6.56. The van der Waals surface area contributed by atoms with Gasteiger partial charge in [-0.05, 0) is 42.0 Å². The van der Waals surface area contributed by atoms with Crippen LogP contribution in [0.15, 0.2) is 6.07 Å². The summed E-state index contributed by atoms with van der Waals surface area (Å²) in [4.78, 5) is 4.16. The first-order valence-electron chi connectivity index (χ1n) is 4.59. The van der Waals surface area contributed by atoms with Crippen LogP contribution in [0.3, 0.4) is 0 Å². The Morgan fingerprint density at radius 1 is 1.64 bits per heavy atom.